The number of ether oxygens (including phenoxy) is 1. The number of carbonyl (C=O) groups excluding carboxylic acids is 1. The van der Waals surface area contributed by atoms with Gasteiger partial charge in [0.05, 0.1) is 19.8 Å². The third kappa shape index (κ3) is 6.53. The van der Waals surface area contributed by atoms with Crippen LogP contribution in [-0.4, -0.2) is 12.1 Å². The number of carbonyl (C=O) groups is 1. The molecule has 6 heteroatoms. The minimum absolute atomic E-state index is 0.134. The Morgan fingerprint density at radius 2 is 1.73 bits per heavy atom. The topological polar surface area (TPSA) is 50.7 Å². The summed E-state index contributed by atoms with van der Waals surface area (Å²) in [6.45, 7) is 4.58. The van der Waals surface area contributed by atoms with E-state index >= 15 is 0 Å². The molecule has 0 aliphatic carbocycles. The van der Waals surface area contributed by atoms with E-state index in [0.717, 1.165) is 35.1 Å². The zero-order chi connectivity index (χ0) is 21.5. The highest BCUT2D eigenvalue weighted by atomic mass is 127. The summed E-state index contributed by atoms with van der Waals surface area (Å²) in [6, 6.07) is 20.2. The van der Waals surface area contributed by atoms with Gasteiger partial charge in [-0.3, -0.25) is 4.79 Å². The largest absolute Gasteiger partial charge is 0.487 e. The Morgan fingerprint density at radius 1 is 1.03 bits per heavy atom. The normalized spacial score (nSPS) is 10.9. The molecule has 0 heterocycles. The first-order valence-electron chi connectivity index (χ1n) is 9.46. The van der Waals surface area contributed by atoms with Gasteiger partial charge in [0, 0.05) is 0 Å². The number of rotatable bonds is 7. The van der Waals surface area contributed by atoms with E-state index in [1.54, 1.807) is 6.21 Å². The lowest BCUT2D eigenvalue weighted by Gasteiger charge is -2.11. The second kappa shape index (κ2) is 10.9. The molecule has 0 bridgehead atoms. The van der Waals surface area contributed by atoms with Gasteiger partial charge in [-0.1, -0.05) is 54.1 Å². The third-order valence-corrected chi connectivity index (χ3v) is 6.10. The van der Waals surface area contributed by atoms with Crippen LogP contribution in [-0.2, 0) is 17.8 Å². The number of benzene rings is 3. The van der Waals surface area contributed by atoms with Crippen LogP contribution in [0.4, 0.5) is 0 Å². The van der Waals surface area contributed by atoms with E-state index in [9.17, 15) is 4.79 Å². The maximum absolute atomic E-state index is 12.2. The van der Waals surface area contributed by atoms with Crippen molar-refractivity contribution in [2.75, 3.05) is 0 Å². The molecule has 0 saturated heterocycles. The first kappa shape index (κ1) is 22.7. The number of nitrogens with zero attached hydrogens (tertiary/aromatic N) is 1. The fourth-order valence-electron chi connectivity index (χ4n) is 2.96. The molecule has 0 unspecified atom stereocenters. The number of hydrogen-bond donors (Lipinski definition) is 1. The first-order valence-corrected chi connectivity index (χ1v) is 11.6. The van der Waals surface area contributed by atoms with E-state index in [0.29, 0.717) is 13.0 Å². The number of amides is 1. The van der Waals surface area contributed by atoms with Crippen molar-refractivity contribution in [1.29, 1.82) is 0 Å². The molecule has 0 aliphatic rings. The summed E-state index contributed by atoms with van der Waals surface area (Å²) < 4.78 is 8.01. The Labute approximate surface area is 204 Å². The summed E-state index contributed by atoms with van der Waals surface area (Å²) in [5.74, 6) is 0.724. The molecule has 0 saturated carbocycles. The minimum atomic E-state index is -0.134. The summed E-state index contributed by atoms with van der Waals surface area (Å²) in [6.07, 6.45) is 1.97. The van der Waals surface area contributed by atoms with Gasteiger partial charge in [0.1, 0.15) is 12.4 Å². The molecule has 0 aromatic heterocycles. The molecule has 3 aromatic rings. The molecule has 0 radical (unpaired) electrons. The predicted molar refractivity (Wildman–Crippen MR) is 138 cm³/mol. The highest BCUT2D eigenvalue weighted by Crippen LogP contribution is 2.29. The summed E-state index contributed by atoms with van der Waals surface area (Å²) in [4.78, 5) is 12.2. The molecule has 1 N–H and O–H groups in total. The maximum atomic E-state index is 12.2. The zero-order valence-electron chi connectivity index (χ0n) is 16.8. The van der Waals surface area contributed by atoms with Gasteiger partial charge in [-0.2, -0.15) is 5.10 Å². The molecule has 0 fully saturated rings. The molecule has 0 aliphatic heterocycles. The van der Waals surface area contributed by atoms with Crippen LogP contribution in [0.2, 0.25) is 0 Å². The molecular weight excluding hydrogens is 602 g/mol. The molecule has 4 nitrogen and oxygen atoms in total. The number of hydrazone groups is 1. The van der Waals surface area contributed by atoms with Gasteiger partial charge in [-0.15, -0.1) is 0 Å². The van der Waals surface area contributed by atoms with Gasteiger partial charge >= 0.3 is 0 Å². The van der Waals surface area contributed by atoms with E-state index in [-0.39, 0.29) is 5.91 Å². The van der Waals surface area contributed by atoms with Crippen molar-refractivity contribution in [1.82, 2.24) is 5.43 Å². The summed E-state index contributed by atoms with van der Waals surface area (Å²) in [5, 5.41) is 4.12. The predicted octanol–water partition coefficient (Wildman–Crippen LogP) is 5.78. The van der Waals surface area contributed by atoms with E-state index in [1.165, 1.54) is 5.56 Å². The Bertz CT molecular complexity index is 1040. The lowest BCUT2D eigenvalue weighted by Crippen LogP contribution is -2.20. The average Bonchev–Trinajstić information content (AvgIpc) is 2.70. The molecule has 0 spiro atoms. The maximum Gasteiger partial charge on any atom is 0.244 e. The second-order valence-corrected chi connectivity index (χ2v) is 9.31. The molecule has 3 rings (SSSR count). The van der Waals surface area contributed by atoms with Crippen molar-refractivity contribution in [3.05, 3.63) is 95.6 Å². The molecule has 30 heavy (non-hydrogen) atoms. The number of aryl methyl sites for hydroxylation is 2. The number of hydrogen-bond acceptors (Lipinski definition) is 3. The van der Waals surface area contributed by atoms with Crippen LogP contribution in [0, 0.1) is 21.0 Å². The van der Waals surface area contributed by atoms with E-state index in [1.807, 2.05) is 68.4 Å². The van der Waals surface area contributed by atoms with E-state index in [4.69, 9.17) is 4.74 Å². The van der Waals surface area contributed by atoms with Crippen molar-refractivity contribution in [3.63, 3.8) is 0 Å². The van der Waals surface area contributed by atoms with Crippen LogP contribution in [0.15, 0.2) is 65.8 Å². The van der Waals surface area contributed by atoms with Gasteiger partial charge < -0.3 is 4.74 Å². The zero-order valence-corrected chi connectivity index (χ0v) is 21.1. The number of halogens is 2. The summed E-state index contributed by atoms with van der Waals surface area (Å²) in [5.41, 5.74) is 7.96. The van der Waals surface area contributed by atoms with Crippen LogP contribution in [0.3, 0.4) is 0 Å². The van der Waals surface area contributed by atoms with Gasteiger partial charge in [0.15, 0.2) is 0 Å². The van der Waals surface area contributed by atoms with E-state index < -0.39 is 0 Å². The lowest BCUT2D eigenvalue weighted by molar-refractivity contribution is -0.120. The van der Waals surface area contributed by atoms with Crippen LogP contribution in [0.5, 0.6) is 5.75 Å². The number of nitrogens with one attached hydrogen (secondary N) is 1. The SMILES string of the molecule is Cc1ccc(CC(=O)N/N=C/c2cc(I)c(OCc3ccccc3)c(I)c2)c(C)c1. The standard InChI is InChI=1S/C24H22I2N2O2/c1-16-8-9-20(17(2)10-16)13-23(29)28-27-14-19-11-21(25)24(22(26)12-19)30-15-18-6-4-3-5-7-18/h3-12,14H,13,15H2,1-2H3,(H,28,29)/b27-14+. The fraction of sp³-hybridized carbons (Fsp3) is 0.167. The van der Waals surface area contributed by atoms with Crippen LogP contribution < -0.4 is 10.2 Å². The smallest absolute Gasteiger partial charge is 0.244 e. The van der Waals surface area contributed by atoms with E-state index in [2.05, 4.69) is 61.8 Å². The van der Waals surface area contributed by atoms with Gasteiger partial charge in [-0.05, 0) is 93.4 Å². The van der Waals surface area contributed by atoms with Gasteiger partial charge in [0.25, 0.3) is 0 Å². The van der Waals surface area contributed by atoms with Gasteiger partial charge in [-0.25, -0.2) is 5.43 Å². The Morgan fingerprint density at radius 3 is 2.40 bits per heavy atom. The lowest BCUT2D eigenvalue weighted by atomic mass is 10.0. The van der Waals surface area contributed by atoms with Crippen molar-refractivity contribution < 1.29 is 9.53 Å². The molecule has 154 valence electrons. The third-order valence-electron chi connectivity index (χ3n) is 4.50. The second-order valence-electron chi connectivity index (χ2n) is 6.99. The highest BCUT2D eigenvalue weighted by molar-refractivity contribution is 14.1. The molecule has 0 atom stereocenters. The van der Waals surface area contributed by atoms with Crippen molar-refractivity contribution in [2.45, 2.75) is 26.9 Å². The fourth-order valence-corrected chi connectivity index (χ4v) is 5.08. The Kier molecular flexibility index (Phi) is 8.26. The molecule has 1 amide bonds. The highest BCUT2D eigenvalue weighted by Gasteiger charge is 2.09. The Hall–Kier alpha value is -1.94. The average molecular weight is 624 g/mol. The van der Waals surface area contributed by atoms with Crippen LogP contribution >= 0.6 is 45.2 Å². The van der Waals surface area contributed by atoms with Gasteiger partial charge in [0.2, 0.25) is 5.91 Å². The van der Waals surface area contributed by atoms with Crippen LogP contribution in [0.25, 0.3) is 0 Å². The minimum Gasteiger partial charge on any atom is -0.487 e. The Balaban J connectivity index is 1.59. The first-order chi connectivity index (χ1) is 14.4. The quantitative estimate of drug-likeness (QED) is 0.206. The van der Waals surface area contributed by atoms with Crippen LogP contribution in [0.1, 0.15) is 27.8 Å². The van der Waals surface area contributed by atoms with Crippen molar-refractivity contribution in [3.8, 4) is 5.75 Å². The van der Waals surface area contributed by atoms with Crippen molar-refractivity contribution in [2.24, 2.45) is 5.10 Å². The molecular formula is C24H22I2N2O2. The molecule has 3 aromatic carbocycles. The summed E-state index contributed by atoms with van der Waals surface area (Å²) >= 11 is 4.52. The monoisotopic (exact) mass is 624 g/mol. The summed E-state index contributed by atoms with van der Waals surface area (Å²) in [7, 11) is 0. The van der Waals surface area contributed by atoms with Crippen molar-refractivity contribution >= 4 is 57.3 Å².